The second-order valence-electron chi connectivity index (χ2n) is 3.56. The van der Waals surface area contributed by atoms with Crippen molar-refractivity contribution < 1.29 is 4.79 Å². The lowest BCUT2D eigenvalue weighted by Gasteiger charge is -2.06. The van der Waals surface area contributed by atoms with Crippen LogP contribution in [0, 0.1) is 0 Å². The van der Waals surface area contributed by atoms with Gasteiger partial charge < -0.3 is 0 Å². The van der Waals surface area contributed by atoms with Crippen molar-refractivity contribution in [1.82, 2.24) is 0 Å². The molecular formula is C13H6BrCl3O. The second kappa shape index (κ2) is 5.62. The standard InChI is InChI=1S/C13H6BrCl3O/c14-9-6-7(4-5-10(9)15)13(18)8-2-1-3-11(16)12(8)17/h1-6H. The predicted molar refractivity (Wildman–Crippen MR) is 79.0 cm³/mol. The SMILES string of the molecule is O=C(c1ccc(Cl)c(Br)c1)c1cccc(Cl)c1Cl. The van der Waals surface area contributed by atoms with Gasteiger partial charge in [0.05, 0.1) is 15.1 Å². The van der Waals surface area contributed by atoms with Crippen LogP contribution >= 0.6 is 50.7 Å². The Morgan fingerprint density at radius 3 is 2.39 bits per heavy atom. The highest BCUT2D eigenvalue weighted by atomic mass is 79.9. The van der Waals surface area contributed by atoms with Crippen LogP contribution in [0.25, 0.3) is 0 Å². The summed E-state index contributed by atoms with van der Waals surface area (Å²) in [6.45, 7) is 0. The van der Waals surface area contributed by atoms with Gasteiger partial charge in [0, 0.05) is 15.6 Å². The minimum absolute atomic E-state index is 0.195. The molecule has 2 rings (SSSR count). The van der Waals surface area contributed by atoms with Gasteiger partial charge in [-0.1, -0.05) is 40.9 Å². The molecule has 0 fully saturated rings. The molecule has 0 aromatic heterocycles. The molecule has 0 atom stereocenters. The van der Waals surface area contributed by atoms with Crippen molar-refractivity contribution in [1.29, 1.82) is 0 Å². The molecule has 1 nitrogen and oxygen atoms in total. The van der Waals surface area contributed by atoms with E-state index in [9.17, 15) is 4.79 Å². The third kappa shape index (κ3) is 2.72. The number of hydrogen-bond donors (Lipinski definition) is 0. The predicted octanol–water partition coefficient (Wildman–Crippen LogP) is 5.64. The number of halogens is 4. The van der Waals surface area contributed by atoms with Crippen LogP contribution in [0.3, 0.4) is 0 Å². The molecular weight excluding hydrogens is 358 g/mol. The Balaban J connectivity index is 2.48. The summed E-state index contributed by atoms with van der Waals surface area (Å²) in [5.74, 6) is -0.195. The van der Waals surface area contributed by atoms with Crippen molar-refractivity contribution >= 4 is 56.5 Å². The Labute approximate surface area is 128 Å². The molecule has 2 aromatic carbocycles. The van der Waals surface area contributed by atoms with Crippen LogP contribution < -0.4 is 0 Å². The third-order valence-corrected chi connectivity index (χ3v) is 4.41. The van der Waals surface area contributed by atoms with Crippen LogP contribution in [0.5, 0.6) is 0 Å². The highest BCUT2D eigenvalue weighted by molar-refractivity contribution is 9.10. The molecule has 0 aliphatic heterocycles. The van der Waals surface area contributed by atoms with E-state index < -0.39 is 0 Å². The van der Waals surface area contributed by atoms with Crippen molar-refractivity contribution in [2.75, 3.05) is 0 Å². The van der Waals surface area contributed by atoms with Gasteiger partial charge in [0.2, 0.25) is 0 Å². The monoisotopic (exact) mass is 362 g/mol. The fraction of sp³-hybridized carbons (Fsp3) is 0. The minimum Gasteiger partial charge on any atom is -0.289 e. The Morgan fingerprint density at radius 2 is 1.72 bits per heavy atom. The Hall–Kier alpha value is -0.540. The van der Waals surface area contributed by atoms with Crippen LogP contribution in [-0.2, 0) is 0 Å². The topological polar surface area (TPSA) is 17.1 Å². The van der Waals surface area contributed by atoms with Gasteiger partial charge >= 0.3 is 0 Å². The molecule has 0 saturated carbocycles. The second-order valence-corrected chi connectivity index (χ2v) is 5.61. The van der Waals surface area contributed by atoms with E-state index in [4.69, 9.17) is 34.8 Å². The quantitative estimate of drug-likeness (QED) is 0.630. The van der Waals surface area contributed by atoms with E-state index >= 15 is 0 Å². The normalized spacial score (nSPS) is 10.4. The molecule has 0 bridgehead atoms. The molecule has 0 N–H and O–H groups in total. The smallest absolute Gasteiger partial charge is 0.194 e. The van der Waals surface area contributed by atoms with Crippen molar-refractivity contribution in [3.63, 3.8) is 0 Å². The summed E-state index contributed by atoms with van der Waals surface area (Å²) < 4.78 is 0.660. The molecule has 0 spiro atoms. The summed E-state index contributed by atoms with van der Waals surface area (Å²) >= 11 is 21.1. The molecule has 2 aromatic rings. The first kappa shape index (κ1) is 13.9. The first-order valence-corrected chi connectivity index (χ1v) is 6.87. The lowest BCUT2D eigenvalue weighted by molar-refractivity contribution is 0.103. The number of carbonyl (C=O) groups excluding carboxylic acids is 1. The molecule has 0 radical (unpaired) electrons. The largest absolute Gasteiger partial charge is 0.289 e. The van der Waals surface area contributed by atoms with Crippen LogP contribution in [0.1, 0.15) is 15.9 Å². The van der Waals surface area contributed by atoms with Gasteiger partial charge in [0.1, 0.15) is 0 Å². The van der Waals surface area contributed by atoms with Crippen molar-refractivity contribution in [2.45, 2.75) is 0 Å². The molecule has 0 heterocycles. The zero-order chi connectivity index (χ0) is 13.3. The fourth-order valence-corrected chi connectivity index (χ4v) is 2.35. The summed E-state index contributed by atoms with van der Waals surface area (Å²) in [4.78, 5) is 12.3. The highest BCUT2D eigenvalue weighted by Gasteiger charge is 2.15. The summed E-state index contributed by atoms with van der Waals surface area (Å²) in [6.07, 6.45) is 0. The van der Waals surface area contributed by atoms with Gasteiger partial charge in [0.15, 0.2) is 5.78 Å². The van der Waals surface area contributed by atoms with Crippen LogP contribution in [0.4, 0.5) is 0 Å². The van der Waals surface area contributed by atoms with E-state index in [0.29, 0.717) is 25.6 Å². The van der Waals surface area contributed by atoms with E-state index in [2.05, 4.69) is 15.9 Å². The molecule has 0 amide bonds. The van der Waals surface area contributed by atoms with Crippen molar-refractivity contribution in [3.05, 3.63) is 67.1 Å². The van der Waals surface area contributed by atoms with Gasteiger partial charge in [-0.3, -0.25) is 4.79 Å². The first-order valence-electron chi connectivity index (χ1n) is 4.94. The average molecular weight is 364 g/mol. The summed E-state index contributed by atoms with van der Waals surface area (Å²) in [7, 11) is 0. The van der Waals surface area contributed by atoms with Gasteiger partial charge in [0.25, 0.3) is 0 Å². The van der Waals surface area contributed by atoms with Crippen LogP contribution in [0.2, 0.25) is 15.1 Å². The van der Waals surface area contributed by atoms with E-state index in [1.807, 2.05) is 0 Å². The zero-order valence-corrected chi connectivity index (χ0v) is 12.7. The lowest BCUT2D eigenvalue weighted by Crippen LogP contribution is -2.02. The van der Waals surface area contributed by atoms with Gasteiger partial charge in [-0.25, -0.2) is 0 Å². The highest BCUT2D eigenvalue weighted by Crippen LogP contribution is 2.29. The zero-order valence-electron chi connectivity index (χ0n) is 8.88. The van der Waals surface area contributed by atoms with Gasteiger partial charge in [-0.15, -0.1) is 0 Å². The first-order chi connectivity index (χ1) is 8.50. The summed E-state index contributed by atoms with van der Waals surface area (Å²) in [6, 6.07) is 9.91. The molecule has 0 unspecified atom stereocenters. The Bertz CT molecular complexity index is 626. The Morgan fingerprint density at radius 1 is 1.00 bits per heavy atom. The molecule has 0 aliphatic carbocycles. The van der Waals surface area contributed by atoms with Crippen LogP contribution in [-0.4, -0.2) is 5.78 Å². The molecule has 5 heteroatoms. The lowest BCUT2D eigenvalue weighted by atomic mass is 10.0. The van der Waals surface area contributed by atoms with Gasteiger partial charge in [-0.2, -0.15) is 0 Å². The van der Waals surface area contributed by atoms with Crippen molar-refractivity contribution in [2.24, 2.45) is 0 Å². The fourth-order valence-electron chi connectivity index (χ4n) is 1.47. The number of ketones is 1. The maximum Gasteiger partial charge on any atom is 0.194 e. The third-order valence-electron chi connectivity index (χ3n) is 2.38. The van der Waals surface area contributed by atoms with Crippen molar-refractivity contribution in [3.8, 4) is 0 Å². The van der Waals surface area contributed by atoms with E-state index in [1.54, 1.807) is 36.4 Å². The molecule has 18 heavy (non-hydrogen) atoms. The number of carbonyl (C=O) groups is 1. The van der Waals surface area contributed by atoms with E-state index in [0.717, 1.165) is 0 Å². The average Bonchev–Trinajstić information content (AvgIpc) is 2.35. The summed E-state index contributed by atoms with van der Waals surface area (Å²) in [5.41, 5.74) is 0.869. The minimum atomic E-state index is -0.195. The van der Waals surface area contributed by atoms with E-state index in [1.165, 1.54) is 0 Å². The van der Waals surface area contributed by atoms with Crippen LogP contribution in [0.15, 0.2) is 40.9 Å². The molecule has 92 valence electrons. The number of benzene rings is 2. The molecule has 0 saturated heterocycles. The van der Waals surface area contributed by atoms with Gasteiger partial charge in [-0.05, 0) is 46.3 Å². The molecule has 0 aliphatic rings. The maximum absolute atomic E-state index is 12.3. The van der Waals surface area contributed by atoms with E-state index in [-0.39, 0.29) is 10.8 Å². The number of hydrogen-bond acceptors (Lipinski definition) is 1. The maximum atomic E-state index is 12.3. The number of rotatable bonds is 2. The Kier molecular flexibility index (Phi) is 4.33. The summed E-state index contributed by atoms with van der Waals surface area (Å²) in [5, 5.41) is 1.16.